The van der Waals surface area contributed by atoms with Crippen LogP contribution >= 0.6 is 0 Å². The monoisotopic (exact) mass is 646 g/mol. The highest BCUT2D eigenvalue weighted by atomic mass is 16.5. The Morgan fingerprint density at radius 3 is 1.58 bits per heavy atom. The number of aliphatic hydroxyl groups excluding tert-OH is 1. The van der Waals surface area contributed by atoms with Gasteiger partial charge in [-0.2, -0.15) is 0 Å². The van der Waals surface area contributed by atoms with Gasteiger partial charge < -0.3 is 41.0 Å². The SMILES string of the molecule is CC(=O)CCCCCNC(=O)CC[C@H](NC(=O)CN1CCN(CC(=O)O)CCN(CC(=O)O)CCN(CC(O)O)CC1)C(=O)O. The molecule has 45 heavy (non-hydrogen) atoms. The second-order valence-electron chi connectivity index (χ2n) is 11.3. The van der Waals surface area contributed by atoms with Crippen molar-refractivity contribution in [3.63, 3.8) is 0 Å². The van der Waals surface area contributed by atoms with Crippen LogP contribution in [0.2, 0.25) is 0 Å². The van der Waals surface area contributed by atoms with E-state index in [0.717, 1.165) is 12.8 Å². The van der Waals surface area contributed by atoms with Crippen LogP contribution in [0, 0.1) is 0 Å². The van der Waals surface area contributed by atoms with Crippen molar-refractivity contribution in [2.45, 2.75) is 57.8 Å². The second kappa shape index (κ2) is 22.3. The minimum atomic E-state index is -1.64. The molecule has 17 heteroatoms. The van der Waals surface area contributed by atoms with Crippen LogP contribution in [0.4, 0.5) is 0 Å². The molecule has 1 rings (SSSR count). The number of carbonyl (C=O) groups is 6. The number of ketones is 1. The van der Waals surface area contributed by atoms with Gasteiger partial charge >= 0.3 is 17.9 Å². The normalized spacial score (nSPS) is 17.2. The zero-order valence-electron chi connectivity index (χ0n) is 26.1. The van der Waals surface area contributed by atoms with Crippen molar-refractivity contribution in [1.29, 1.82) is 0 Å². The molecule has 0 saturated carbocycles. The Morgan fingerprint density at radius 2 is 1.13 bits per heavy atom. The maximum atomic E-state index is 12.9. The number of aliphatic hydroxyl groups is 2. The molecule has 1 atom stereocenters. The lowest BCUT2D eigenvalue weighted by Gasteiger charge is -2.33. The molecule has 0 aromatic rings. The smallest absolute Gasteiger partial charge is 0.326 e. The first-order valence-corrected chi connectivity index (χ1v) is 15.2. The first-order chi connectivity index (χ1) is 21.2. The number of hydrogen-bond acceptors (Lipinski definition) is 12. The average Bonchev–Trinajstić information content (AvgIpc) is 2.93. The fourth-order valence-electron chi connectivity index (χ4n) is 4.82. The Balaban J connectivity index is 2.80. The fraction of sp³-hybridized carbons (Fsp3) is 0.786. The summed E-state index contributed by atoms with van der Waals surface area (Å²) < 4.78 is 0. The highest BCUT2D eigenvalue weighted by molar-refractivity contribution is 5.85. The molecule has 1 saturated heterocycles. The third-order valence-corrected chi connectivity index (χ3v) is 7.26. The number of nitrogens with zero attached hydrogens (tertiary/aromatic N) is 4. The van der Waals surface area contributed by atoms with Crippen molar-refractivity contribution < 1.29 is 54.3 Å². The van der Waals surface area contributed by atoms with Gasteiger partial charge in [-0.25, -0.2) is 4.79 Å². The molecule has 0 spiro atoms. The van der Waals surface area contributed by atoms with Crippen molar-refractivity contribution >= 4 is 35.5 Å². The van der Waals surface area contributed by atoms with Crippen LogP contribution < -0.4 is 10.6 Å². The van der Waals surface area contributed by atoms with E-state index in [1.807, 2.05) is 0 Å². The largest absolute Gasteiger partial charge is 0.480 e. The molecule has 0 aromatic carbocycles. The highest BCUT2D eigenvalue weighted by Crippen LogP contribution is 2.04. The van der Waals surface area contributed by atoms with E-state index >= 15 is 0 Å². The molecule has 1 heterocycles. The van der Waals surface area contributed by atoms with E-state index in [1.54, 1.807) is 19.6 Å². The molecule has 1 aliphatic heterocycles. The van der Waals surface area contributed by atoms with Gasteiger partial charge in [0.25, 0.3) is 0 Å². The average molecular weight is 647 g/mol. The second-order valence-corrected chi connectivity index (χ2v) is 11.3. The summed E-state index contributed by atoms with van der Waals surface area (Å²) in [6, 6.07) is -1.31. The number of aliphatic carboxylic acids is 3. The molecular formula is C28H50N6O11. The standard InChI is InChI=1S/C28H50N6O11/c1-21(35)5-3-2-4-8-29-23(36)7-6-22(28(44)45)30-24(37)17-31-9-11-32(18-25(38)39)13-15-34(20-27(42)43)16-14-33(12-10-31)19-26(40)41/h22,25,38-39H,2-20H2,1H3,(H,29,36)(H,30,37)(H,40,41)(H,42,43)(H,44,45)/t22-/m0/s1. The van der Waals surface area contributed by atoms with E-state index < -0.39 is 36.1 Å². The molecule has 2 amide bonds. The van der Waals surface area contributed by atoms with Gasteiger partial charge in [-0.05, 0) is 26.2 Å². The molecule has 0 aromatic heterocycles. The van der Waals surface area contributed by atoms with Crippen LogP contribution in [0.3, 0.4) is 0 Å². The van der Waals surface area contributed by atoms with E-state index in [9.17, 15) is 54.3 Å². The van der Waals surface area contributed by atoms with Crippen molar-refractivity contribution in [2.24, 2.45) is 0 Å². The van der Waals surface area contributed by atoms with Gasteiger partial charge in [-0.1, -0.05) is 6.42 Å². The summed E-state index contributed by atoms with van der Waals surface area (Å²) in [4.78, 5) is 77.4. The molecule has 0 radical (unpaired) electrons. The van der Waals surface area contributed by atoms with Gasteiger partial charge in [0.05, 0.1) is 19.6 Å². The number of nitrogens with one attached hydrogen (secondary N) is 2. The van der Waals surface area contributed by atoms with E-state index in [1.165, 1.54) is 6.92 Å². The fourth-order valence-corrected chi connectivity index (χ4v) is 4.82. The predicted octanol–water partition coefficient (Wildman–Crippen LogP) is -2.70. The van der Waals surface area contributed by atoms with Gasteiger partial charge in [0, 0.05) is 78.3 Å². The van der Waals surface area contributed by atoms with E-state index in [4.69, 9.17) is 0 Å². The molecule has 1 aliphatic rings. The summed E-state index contributed by atoms with van der Waals surface area (Å²) in [5.74, 6) is -4.26. The summed E-state index contributed by atoms with van der Waals surface area (Å²) in [6.45, 7) is 3.02. The molecule has 0 bridgehead atoms. The third-order valence-electron chi connectivity index (χ3n) is 7.26. The van der Waals surface area contributed by atoms with Crippen LogP contribution in [-0.4, -0.2) is 178 Å². The number of carbonyl (C=O) groups excluding carboxylic acids is 3. The predicted molar refractivity (Wildman–Crippen MR) is 160 cm³/mol. The number of unbranched alkanes of at least 4 members (excludes halogenated alkanes) is 2. The number of hydrogen-bond donors (Lipinski definition) is 7. The number of carboxylic acid groups (broad SMARTS) is 3. The molecule has 1 fully saturated rings. The summed E-state index contributed by atoms with van der Waals surface area (Å²) in [5, 5.41) is 52.5. The molecule has 7 N–H and O–H groups in total. The van der Waals surface area contributed by atoms with Crippen LogP contribution in [0.25, 0.3) is 0 Å². The lowest BCUT2D eigenvalue weighted by Crippen LogP contribution is -2.51. The van der Waals surface area contributed by atoms with Gasteiger partial charge in [-0.15, -0.1) is 0 Å². The maximum Gasteiger partial charge on any atom is 0.326 e. The van der Waals surface area contributed by atoms with Gasteiger partial charge in [0.1, 0.15) is 11.8 Å². The minimum Gasteiger partial charge on any atom is -0.480 e. The van der Waals surface area contributed by atoms with Crippen molar-refractivity contribution in [1.82, 2.24) is 30.2 Å². The Bertz CT molecular complexity index is 967. The molecule has 0 aliphatic carbocycles. The molecule has 0 unspecified atom stereocenters. The first-order valence-electron chi connectivity index (χ1n) is 15.2. The summed E-state index contributed by atoms with van der Waals surface area (Å²) >= 11 is 0. The Labute approximate surface area is 263 Å². The van der Waals surface area contributed by atoms with Gasteiger partial charge in [0.15, 0.2) is 6.29 Å². The first kappa shape index (κ1) is 39.8. The highest BCUT2D eigenvalue weighted by Gasteiger charge is 2.24. The van der Waals surface area contributed by atoms with Crippen LogP contribution in [0.5, 0.6) is 0 Å². The molecule has 17 nitrogen and oxygen atoms in total. The van der Waals surface area contributed by atoms with Crippen molar-refractivity contribution in [3.05, 3.63) is 0 Å². The zero-order valence-corrected chi connectivity index (χ0v) is 26.1. The van der Waals surface area contributed by atoms with Crippen LogP contribution in [0.1, 0.15) is 45.4 Å². The third kappa shape index (κ3) is 20.4. The number of Topliss-reactive ketones (excluding diaryl/α,β-unsaturated/α-hetero) is 1. The topological polar surface area (TPSA) is 241 Å². The Morgan fingerprint density at radius 1 is 0.644 bits per heavy atom. The summed E-state index contributed by atoms with van der Waals surface area (Å²) in [5.41, 5.74) is 0. The van der Waals surface area contributed by atoms with Crippen LogP contribution in [-0.2, 0) is 28.8 Å². The number of rotatable bonds is 19. The van der Waals surface area contributed by atoms with Crippen molar-refractivity contribution in [2.75, 3.05) is 85.1 Å². The lowest BCUT2D eigenvalue weighted by molar-refractivity contribution is -0.142. The van der Waals surface area contributed by atoms with E-state index in [-0.39, 0.29) is 103 Å². The number of β-amino-alcohol motifs (C(OH)–C–C–N with tert-alkyl or cyclic N) is 2. The van der Waals surface area contributed by atoms with Gasteiger partial charge in [-0.3, -0.25) is 38.8 Å². The van der Waals surface area contributed by atoms with Gasteiger partial charge in [0.2, 0.25) is 11.8 Å². The van der Waals surface area contributed by atoms with Crippen molar-refractivity contribution in [3.8, 4) is 0 Å². The molecule has 258 valence electrons. The summed E-state index contributed by atoms with van der Waals surface area (Å²) in [7, 11) is 0. The minimum absolute atomic E-state index is 0.110. The zero-order chi connectivity index (χ0) is 33.8. The van der Waals surface area contributed by atoms with E-state index in [0.29, 0.717) is 19.4 Å². The number of carboxylic acids is 3. The van der Waals surface area contributed by atoms with E-state index in [2.05, 4.69) is 10.6 Å². The Kier molecular flexibility index (Phi) is 19.7. The molecular weight excluding hydrogens is 596 g/mol. The maximum absolute atomic E-state index is 12.9. The lowest BCUT2D eigenvalue weighted by atomic mass is 10.1. The quantitative estimate of drug-likeness (QED) is 0.0558. The van der Waals surface area contributed by atoms with Crippen LogP contribution in [0.15, 0.2) is 0 Å². The Hall–Kier alpha value is -3.22. The summed E-state index contributed by atoms with van der Waals surface area (Å²) in [6.07, 6.45) is 0.804. The number of amides is 2.